The highest BCUT2D eigenvalue weighted by Gasteiger charge is 2.16. The summed E-state index contributed by atoms with van der Waals surface area (Å²) in [6, 6.07) is 12.4. The molecule has 1 aromatic carbocycles. The molecule has 0 aliphatic carbocycles. The summed E-state index contributed by atoms with van der Waals surface area (Å²) in [7, 11) is 4.13. The Morgan fingerprint density at radius 3 is 2.57 bits per heavy atom. The highest BCUT2D eigenvalue weighted by atomic mass is 16.1. The number of carbonyl (C=O) groups excluding carboxylic acids is 1. The van der Waals surface area contributed by atoms with Crippen molar-refractivity contribution in [3.05, 3.63) is 54.5 Å². The lowest BCUT2D eigenvalue weighted by Gasteiger charge is -2.32. The van der Waals surface area contributed by atoms with Crippen LogP contribution in [-0.4, -0.2) is 108 Å². The first-order chi connectivity index (χ1) is 20.5. The minimum atomic E-state index is -0.0267. The van der Waals surface area contributed by atoms with Crippen LogP contribution in [-0.2, 0) is 7.05 Å². The summed E-state index contributed by atoms with van der Waals surface area (Å²) in [4.78, 5) is 29.7. The van der Waals surface area contributed by atoms with Crippen LogP contribution < -0.4 is 10.6 Å². The zero-order valence-corrected chi connectivity index (χ0v) is 25.7. The van der Waals surface area contributed by atoms with E-state index in [1.165, 1.54) is 0 Å². The van der Waals surface area contributed by atoms with E-state index in [4.69, 9.17) is 4.98 Å². The van der Waals surface area contributed by atoms with E-state index in [0.29, 0.717) is 12.2 Å². The number of carbonyl (C=O) groups is 1. The average molecular weight is 571 g/mol. The summed E-state index contributed by atoms with van der Waals surface area (Å²) >= 11 is 0. The van der Waals surface area contributed by atoms with Gasteiger partial charge in [-0.1, -0.05) is 19.9 Å². The van der Waals surface area contributed by atoms with Gasteiger partial charge in [0.05, 0.1) is 11.2 Å². The minimum Gasteiger partial charge on any atom is -0.384 e. The number of hydrogen-bond donors (Lipinski definition) is 2. The fourth-order valence-corrected chi connectivity index (χ4v) is 5.82. The molecule has 0 spiro atoms. The third kappa shape index (κ3) is 7.09. The number of rotatable bonds is 13. The summed E-state index contributed by atoms with van der Waals surface area (Å²) < 4.78 is 1.98. The van der Waals surface area contributed by atoms with Crippen LogP contribution in [0.15, 0.2) is 48.8 Å². The molecule has 1 aliphatic heterocycles. The molecule has 1 aliphatic rings. The quantitative estimate of drug-likeness (QED) is 0.232. The molecule has 4 heterocycles. The van der Waals surface area contributed by atoms with Crippen molar-refractivity contribution in [1.82, 2.24) is 34.6 Å². The molecular formula is C33H46N8O. The molecule has 0 atom stereocenters. The standard InChI is InChI=1S/C33H46N8O/c1-5-40(6-2)15-7-12-35-30-23-29(37-28-11-14-34-24-27(28)30)25-9-10-31-26(21-25)22-32(39(31)4)33(42)36-13-8-16-41-19-17-38(3)18-20-41/h9-11,14,21-24H,5-8,12-13,15-20H2,1-4H3,(H,35,37)(H,36,42). The van der Waals surface area contributed by atoms with Crippen LogP contribution in [0.5, 0.6) is 0 Å². The van der Waals surface area contributed by atoms with Gasteiger partial charge in [-0.25, -0.2) is 4.98 Å². The predicted octanol–water partition coefficient (Wildman–Crippen LogP) is 4.30. The van der Waals surface area contributed by atoms with Crippen molar-refractivity contribution in [3.8, 4) is 11.3 Å². The van der Waals surface area contributed by atoms with Crippen LogP contribution >= 0.6 is 0 Å². The lowest BCUT2D eigenvalue weighted by atomic mass is 10.1. The van der Waals surface area contributed by atoms with Crippen molar-refractivity contribution >= 4 is 33.4 Å². The van der Waals surface area contributed by atoms with E-state index < -0.39 is 0 Å². The van der Waals surface area contributed by atoms with Gasteiger partial charge in [-0.05, 0) is 76.4 Å². The van der Waals surface area contributed by atoms with Crippen molar-refractivity contribution < 1.29 is 4.79 Å². The summed E-state index contributed by atoms with van der Waals surface area (Å²) in [6.07, 6.45) is 5.70. The van der Waals surface area contributed by atoms with E-state index in [-0.39, 0.29) is 5.91 Å². The maximum Gasteiger partial charge on any atom is 0.267 e. The number of likely N-dealkylation sites (N-methyl/N-ethyl adjacent to an activating group) is 1. The maximum atomic E-state index is 13.1. The van der Waals surface area contributed by atoms with Gasteiger partial charge in [0.15, 0.2) is 0 Å². The molecular weight excluding hydrogens is 524 g/mol. The number of piperazine rings is 1. The summed E-state index contributed by atoms with van der Waals surface area (Å²) in [5, 5.41) is 8.84. The van der Waals surface area contributed by atoms with Gasteiger partial charge < -0.3 is 29.9 Å². The Labute approximate surface area is 249 Å². The lowest BCUT2D eigenvalue weighted by Crippen LogP contribution is -2.45. The number of nitrogens with zero attached hydrogens (tertiary/aromatic N) is 6. The Kier molecular flexibility index (Phi) is 10.0. The average Bonchev–Trinajstić information content (AvgIpc) is 3.35. The van der Waals surface area contributed by atoms with Crippen LogP contribution in [0.3, 0.4) is 0 Å². The number of benzene rings is 1. The van der Waals surface area contributed by atoms with E-state index in [9.17, 15) is 4.79 Å². The molecule has 1 fully saturated rings. The normalized spacial score (nSPS) is 14.7. The van der Waals surface area contributed by atoms with E-state index in [2.05, 4.69) is 75.5 Å². The third-order valence-corrected chi connectivity index (χ3v) is 8.57. The number of aromatic nitrogens is 3. The SMILES string of the molecule is CCN(CC)CCCNc1cc(-c2ccc3c(c2)cc(C(=O)NCCCN2CCN(C)CC2)n3C)nc2ccncc12. The predicted molar refractivity (Wildman–Crippen MR) is 173 cm³/mol. The Morgan fingerprint density at radius 1 is 0.976 bits per heavy atom. The molecule has 4 aromatic rings. The van der Waals surface area contributed by atoms with Crippen molar-refractivity contribution in [2.45, 2.75) is 26.7 Å². The Morgan fingerprint density at radius 2 is 1.79 bits per heavy atom. The molecule has 5 rings (SSSR count). The van der Waals surface area contributed by atoms with Crippen molar-refractivity contribution in [3.63, 3.8) is 0 Å². The number of amides is 1. The first-order valence-electron chi connectivity index (χ1n) is 15.5. The Hall–Kier alpha value is -3.53. The van der Waals surface area contributed by atoms with Crippen molar-refractivity contribution in [2.75, 3.05) is 77.8 Å². The molecule has 1 saturated heterocycles. The topological polar surface area (TPSA) is 81.6 Å². The molecule has 9 nitrogen and oxygen atoms in total. The first-order valence-corrected chi connectivity index (χ1v) is 15.5. The number of aryl methyl sites for hydroxylation is 1. The van der Waals surface area contributed by atoms with Gasteiger partial charge in [0.1, 0.15) is 5.69 Å². The minimum absolute atomic E-state index is 0.0267. The zero-order chi connectivity index (χ0) is 29.5. The Balaban J connectivity index is 1.28. The number of anilines is 1. The van der Waals surface area contributed by atoms with E-state index in [1.54, 1.807) is 6.20 Å². The van der Waals surface area contributed by atoms with Gasteiger partial charge >= 0.3 is 0 Å². The monoisotopic (exact) mass is 570 g/mol. The van der Waals surface area contributed by atoms with E-state index in [1.807, 2.05) is 29.9 Å². The van der Waals surface area contributed by atoms with Gasteiger partial charge in [0.25, 0.3) is 5.91 Å². The zero-order valence-electron chi connectivity index (χ0n) is 25.7. The number of pyridine rings is 2. The summed E-state index contributed by atoms with van der Waals surface area (Å²) in [5.41, 5.74) is 5.60. The van der Waals surface area contributed by atoms with Crippen molar-refractivity contribution in [2.24, 2.45) is 7.05 Å². The molecule has 2 N–H and O–H groups in total. The number of fused-ring (bicyclic) bond motifs is 2. The highest BCUT2D eigenvalue weighted by molar-refractivity contribution is 6.00. The highest BCUT2D eigenvalue weighted by Crippen LogP contribution is 2.30. The molecule has 0 saturated carbocycles. The van der Waals surface area contributed by atoms with Crippen LogP contribution in [0.1, 0.15) is 37.2 Å². The third-order valence-electron chi connectivity index (χ3n) is 8.57. The van der Waals surface area contributed by atoms with Gasteiger partial charge in [-0.3, -0.25) is 9.78 Å². The van der Waals surface area contributed by atoms with Gasteiger partial charge in [-0.15, -0.1) is 0 Å². The molecule has 0 bridgehead atoms. The fraction of sp³-hybridized carbons (Fsp3) is 0.485. The van der Waals surface area contributed by atoms with Crippen LogP contribution in [0.25, 0.3) is 33.1 Å². The van der Waals surface area contributed by atoms with E-state index in [0.717, 1.165) is 110 Å². The van der Waals surface area contributed by atoms with Crippen molar-refractivity contribution in [1.29, 1.82) is 0 Å². The summed E-state index contributed by atoms with van der Waals surface area (Å²) in [6.45, 7) is 14.7. The molecule has 42 heavy (non-hydrogen) atoms. The molecule has 1 amide bonds. The molecule has 9 heteroatoms. The smallest absolute Gasteiger partial charge is 0.267 e. The second-order valence-corrected chi connectivity index (χ2v) is 11.4. The molecule has 3 aromatic heterocycles. The molecule has 0 unspecified atom stereocenters. The largest absolute Gasteiger partial charge is 0.384 e. The second kappa shape index (κ2) is 14.1. The first kappa shape index (κ1) is 29.9. The molecule has 224 valence electrons. The van der Waals surface area contributed by atoms with Gasteiger partial charge in [-0.2, -0.15) is 0 Å². The summed E-state index contributed by atoms with van der Waals surface area (Å²) in [5.74, 6) is -0.0267. The Bertz CT molecular complexity index is 1490. The fourth-order valence-electron chi connectivity index (χ4n) is 5.82. The van der Waals surface area contributed by atoms with Gasteiger partial charge in [0.2, 0.25) is 0 Å². The maximum absolute atomic E-state index is 13.1. The number of nitrogens with one attached hydrogen (secondary N) is 2. The van der Waals surface area contributed by atoms with Crippen LogP contribution in [0.2, 0.25) is 0 Å². The lowest BCUT2D eigenvalue weighted by molar-refractivity contribution is 0.0941. The van der Waals surface area contributed by atoms with Crippen LogP contribution in [0.4, 0.5) is 5.69 Å². The number of hydrogen-bond acceptors (Lipinski definition) is 7. The second-order valence-electron chi connectivity index (χ2n) is 11.4. The molecule has 0 radical (unpaired) electrons. The van der Waals surface area contributed by atoms with Crippen LogP contribution in [0, 0.1) is 0 Å². The van der Waals surface area contributed by atoms with Gasteiger partial charge in [0, 0.05) is 86.2 Å². The van der Waals surface area contributed by atoms with E-state index >= 15 is 0 Å².